The van der Waals surface area contributed by atoms with E-state index < -0.39 is 0 Å². The minimum absolute atomic E-state index is 0.0402. The average molecular weight is 394 g/mol. The molecular formula is C14H18Br2O3. The van der Waals surface area contributed by atoms with Gasteiger partial charge in [-0.15, -0.1) is 0 Å². The van der Waals surface area contributed by atoms with E-state index >= 15 is 0 Å². The van der Waals surface area contributed by atoms with E-state index in [0.717, 1.165) is 10.9 Å². The Morgan fingerprint density at radius 2 is 1.68 bits per heavy atom. The Morgan fingerprint density at radius 3 is 2.16 bits per heavy atom. The molecule has 1 atom stereocenters. The molecule has 5 heteroatoms. The maximum Gasteiger partial charge on any atom is 0.177 e. The van der Waals surface area contributed by atoms with Crippen LogP contribution in [0.2, 0.25) is 0 Å². The summed E-state index contributed by atoms with van der Waals surface area (Å²) >= 11 is 6.81. The summed E-state index contributed by atoms with van der Waals surface area (Å²) < 4.78 is 11.8. The van der Waals surface area contributed by atoms with Gasteiger partial charge in [0, 0.05) is 10.0 Å². The smallest absolute Gasteiger partial charge is 0.177 e. The van der Waals surface area contributed by atoms with Gasteiger partial charge in [-0.1, -0.05) is 22.9 Å². The minimum atomic E-state index is -0.184. The van der Waals surface area contributed by atoms with Crippen LogP contribution >= 0.6 is 31.9 Å². The third-order valence-corrected chi connectivity index (χ3v) is 4.26. The van der Waals surface area contributed by atoms with Crippen LogP contribution in [-0.4, -0.2) is 23.8 Å². The Hall–Kier alpha value is -0.550. The Balaban J connectivity index is 3.19. The van der Waals surface area contributed by atoms with Crippen molar-refractivity contribution in [2.45, 2.75) is 32.0 Å². The molecule has 0 amide bonds. The highest BCUT2D eigenvalue weighted by molar-refractivity contribution is 9.10. The largest absolute Gasteiger partial charge is 0.490 e. The number of halogens is 2. The summed E-state index contributed by atoms with van der Waals surface area (Å²) in [5.74, 6) is 1.29. The quantitative estimate of drug-likeness (QED) is 0.501. The predicted octanol–water partition coefficient (Wildman–Crippen LogP) is 4.60. The molecule has 1 rings (SSSR count). The van der Waals surface area contributed by atoms with E-state index in [1.54, 1.807) is 12.1 Å². The fourth-order valence-electron chi connectivity index (χ4n) is 1.61. The standard InChI is InChI=1S/C14H18Br2O3/c1-4-10(15)14(17)9-7-12(18-5-2)13(19-6-3)8-11(9)16/h7-8,10H,4-6H2,1-3H3. The molecule has 0 aromatic heterocycles. The molecule has 0 aliphatic heterocycles. The number of alkyl halides is 1. The average Bonchev–Trinajstić information content (AvgIpc) is 2.40. The summed E-state index contributed by atoms with van der Waals surface area (Å²) in [7, 11) is 0. The zero-order valence-electron chi connectivity index (χ0n) is 11.3. The van der Waals surface area contributed by atoms with E-state index in [4.69, 9.17) is 9.47 Å². The van der Waals surface area contributed by atoms with Crippen molar-refractivity contribution >= 4 is 37.6 Å². The highest BCUT2D eigenvalue weighted by atomic mass is 79.9. The molecular weight excluding hydrogens is 376 g/mol. The van der Waals surface area contributed by atoms with Crippen molar-refractivity contribution in [3.8, 4) is 11.5 Å². The van der Waals surface area contributed by atoms with Gasteiger partial charge in [-0.3, -0.25) is 4.79 Å². The Morgan fingerprint density at radius 1 is 1.16 bits per heavy atom. The highest BCUT2D eigenvalue weighted by Gasteiger charge is 2.20. The van der Waals surface area contributed by atoms with E-state index in [0.29, 0.717) is 30.3 Å². The third-order valence-electron chi connectivity index (χ3n) is 2.54. The number of Topliss-reactive ketones (excluding diaryl/α,β-unsaturated/α-hetero) is 1. The number of hydrogen-bond acceptors (Lipinski definition) is 3. The normalized spacial score (nSPS) is 12.1. The third kappa shape index (κ3) is 4.21. The second kappa shape index (κ2) is 7.90. The first-order valence-electron chi connectivity index (χ1n) is 6.32. The van der Waals surface area contributed by atoms with Crippen molar-refractivity contribution in [1.29, 1.82) is 0 Å². The molecule has 19 heavy (non-hydrogen) atoms. The monoisotopic (exact) mass is 392 g/mol. The van der Waals surface area contributed by atoms with Gasteiger partial charge in [0.2, 0.25) is 0 Å². The van der Waals surface area contributed by atoms with Gasteiger partial charge in [0.05, 0.1) is 18.0 Å². The number of carbonyl (C=O) groups excluding carboxylic acids is 1. The number of ether oxygens (including phenoxy) is 2. The topological polar surface area (TPSA) is 35.5 Å². The molecule has 0 spiro atoms. The van der Waals surface area contributed by atoms with Crippen molar-refractivity contribution in [2.24, 2.45) is 0 Å². The van der Waals surface area contributed by atoms with E-state index in [-0.39, 0.29) is 10.6 Å². The van der Waals surface area contributed by atoms with Crippen LogP contribution in [0.1, 0.15) is 37.6 Å². The predicted molar refractivity (Wildman–Crippen MR) is 83.8 cm³/mol. The number of hydrogen-bond donors (Lipinski definition) is 0. The fraction of sp³-hybridized carbons (Fsp3) is 0.500. The van der Waals surface area contributed by atoms with E-state index in [2.05, 4.69) is 31.9 Å². The van der Waals surface area contributed by atoms with Gasteiger partial charge in [0.15, 0.2) is 17.3 Å². The molecule has 0 aliphatic rings. The lowest BCUT2D eigenvalue weighted by molar-refractivity contribution is 0.0989. The zero-order chi connectivity index (χ0) is 14.4. The first kappa shape index (κ1) is 16.5. The van der Waals surface area contributed by atoms with Crippen LogP contribution in [0.3, 0.4) is 0 Å². The summed E-state index contributed by atoms with van der Waals surface area (Å²) in [5, 5.41) is 0. The molecule has 0 heterocycles. The van der Waals surface area contributed by atoms with Crippen molar-refractivity contribution in [2.75, 3.05) is 13.2 Å². The molecule has 0 radical (unpaired) electrons. The first-order valence-corrected chi connectivity index (χ1v) is 8.03. The molecule has 0 aliphatic carbocycles. The Kier molecular flexibility index (Phi) is 6.86. The summed E-state index contributed by atoms with van der Waals surface area (Å²) in [4.78, 5) is 12.1. The summed E-state index contributed by atoms with van der Waals surface area (Å²) in [6.07, 6.45) is 0.739. The second-order valence-electron chi connectivity index (χ2n) is 3.88. The van der Waals surface area contributed by atoms with Crippen molar-refractivity contribution in [1.82, 2.24) is 0 Å². The van der Waals surface area contributed by atoms with Gasteiger partial charge in [-0.25, -0.2) is 0 Å². The van der Waals surface area contributed by atoms with Crippen molar-refractivity contribution in [3.05, 3.63) is 22.2 Å². The molecule has 0 N–H and O–H groups in total. The lowest BCUT2D eigenvalue weighted by Crippen LogP contribution is -2.14. The van der Waals surface area contributed by atoms with Gasteiger partial charge in [-0.05, 0) is 48.3 Å². The van der Waals surface area contributed by atoms with Gasteiger partial charge < -0.3 is 9.47 Å². The summed E-state index contributed by atoms with van der Waals surface area (Å²) in [6.45, 7) is 6.85. The number of rotatable bonds is 7. The van der Waals surface area contributed by atoms with Crippen LogP contribution in [0, 0.1) is 0 Å². The molecule has 1 aromatic carbocycles. The lowest BCUT2D eigenvalue weighted by Gasteiger charge is -2.15. The minimum Gasteiger partial charge on any atom is -0.490 e. The van der Waals surface area contributed by atoms with Crippen LogP contribution in [0.4, 0.5) is 0 Å². The Labute approximate surface area is 130 Å². The van der Waals surface area contributed by atoms with Gasteiger partial charge in [-0.2, -0.15) is 0 Å². The fourth-order valence-corrected chi connectivity index (χ4v) is 2.38. The molecule has 0 bridgehead atoms. The number of ketones is 1. The van der Waals surface area contributed by atoms with Gasteiger partial charge in [0.25, 0.3) is 0 Å². The molecule has 3 nitrogen and oxygen atoms in total. The van der Waals surface area contributed by atoms with E-state index in [1.165, 1.54) is 0 Å². The summed E-state index contributed by atoms with van der Waals surface area (Å²) in [5.41, 5.74) is 0.607. The molecule has 1 aromatic rings. The van der Waals surface area contributed by atoms with Crippen LogP contribution in [0.15, 0.2) is 16.6 Å². The second-order valence-corrected chi connectivity index (χ2v) is 5.84. The van der Waals surface area contributed by atoms with Gasteiger partial charge in [0.1, 0.15) is 0 Å². The van der Waals surface area contributed by atoms with Crippen LogP contribution < -0.4 is 9.47 Å². The maximum absolute atomic E-state index is 12.2. The molecule has 106 valence electrons. The Bertz CT molecular complexity index is 447. The zero-order valence-corrected chi connectivity index (χ0v) is 14.5. The van der Waals surface area contributed by atoms with E-state index in [1.807, 2.05) is 20.8 Å². The molecule has 1 unspecified atom stereocenters. The van der Waals surface area contributed by atoms with E-state index in [9.17, 15) is 4.79 Å². The van der Waals surface area contributed by atoms with Crippen LogP contribution in [0.5, 0.6) is 11.5 Å². The van der Waals surface area contributed by atoms with Crippen molar-refractivity contribution < 1.29 is 14.3 Å². The highest BCUT2D eigenvalue weighted by Crippen LogP contribution is 2.35. The van der Waals surface area contributed by atoms with Gasteiger partial charge >= 0.3 is 0 Å². The number of benzene rings is 1. The molecule has 0 fully saturated rings. The maximum atomic E-state index is 12.2. The first-order chi connectivity index (χ1) is 9.04. The number of carbonyl (C=O) groups is 1. The van der Waals surface area contributed by atoms with Crippen LogP contribution in [0.25, 0.3) is 0 Å². The van der Waals surface area contributed by atoms with Crippen LogP contribution in [-0.2, 0) is 0 Å². The van der Waals surface area contributed by atoms with Crippen molar-refractivity contribution in [3.63, 3.8) is 0 Å². The SMILES string of the molecule is CCOc1cc(Br)c(C(=O)C(Br)CC)cc1OCC. The molecule has 0 saturated carbocycles. The summed E-state index contributed by atoms with van der Waals surface area (Å²) in [6, 6.07) is 3.53. The lowest BCUT2D eigenvalue weighted by atomic mass is 10.1. The molecule has 0 saturated heterocycles.